The fourth-order valence-corrected chi connectivity index (χ4v) is 3.37. The zero-order chi connectivity index (χ0) is 17.7. The number of nitrogens with zero attached hydrogens (tertiary/aromatic N) is 3. The molecule has 5 nitrogen and oxygen atoms in total. The van der Waals surface area contributed by atoms with Crippen molar-refractivity contribution in [3.63, 3.8) is 0 Å². The summed E-state index contributed by atoms with van der Waals surface area (Å²) >= 11 is 0. The van der Waals surface area contributed by atoms with Crippen molar-refractivity contribution in [1.82, 2.24) is 5.32 Å². The molecular formula is C20H26N4O. The molecule has 0 aromatic heterocycles. The molecule has 3 rings (SSSR count). The Morgan fingerprint density at radius 3 is 2.80 bits per heavy atom. The van der Waals surface area contributed by atoms with E-state index in [2.05, 4.69) is 57.6 Å². The van der Waals surface area contributed by atoms with Crippen LogP contribution in [0.5, 0.6) is 0 Å². The highest BCUT2D eigenvalue weighted by molar-refractivity contribution is 5.76. The molecule has 1 saturated heterocycles. The van der Waals surface area contributed by atoms with Crippen LogP contribution in [0.4, 0.5) is 5.69 Å². The van der Waals surface area contributed by atoms with E-state index in [1.165, 1.54) is 11.3 Å². The van der Waals surface area contributed by atoms with E-state index in [1.54, 1.807) is 0 Å². The van der Waals surface area contributed by atoms with Crippen LogP contribution in [0, 0.1) is 19.3 Å². The number of carbonyl (C=O) groups excluding carboxylic acids is 1. The van der Waals surface area contributed by atoms with Crippen LogP contribution in [0.2, 0.25) is 0 Å². The average Bonchev–Trinajstić information content (AvgIpc) is 3.40. The second-order valence-corrected chi connectivity index (χ2v) is 7.07. The highest BCUT2D eigenvalue weighted by Crippen LogP contribution is 2.37. The Morgan fingerprint density at radius 1 is 1.36 bits per heavy atom. The molecule has 2 aliphatic heterocycles. The lowest BCUT2D eigenvalue weighted by Crippen LogP contribution is -2.48. The van der Waals surface area contributed by atoms with Gasteiger partial charge >= 0.3 is 0 Å². The molecule has 1 amide bonds. The van der Waals surface area contributed by atoms with Gasteiger partial charge in [0.1, 0.15) is 0 Å². The van der Waals surface area contributed by atoms with E-state index in [1.807, 2.05) is 0 Å². The Morgan fingerprint density at radius 2 is 2.12 bits per heavy atom. The minimum absolute atomic E-state index is 0.0909. The summed E-state index contributed by atoms with van der Waals surface area (Å²) in [6.07, 6.45) is 9.95. The first-order valence-corrected chi connectivity index (χ1v) is 9.09. The minimum atomic E-state index is -0.371. The van der Waals surface area contributed by atoms with Crippen LogP contribution in [-0.4, -0.2) is 30.7 Å². The van der Waals surface area contributed by atoms with Gasteiger partial charge < -0.3 is 10.2 Å². The lowest BCUT2D eigenvalue weighted by molar-refractivity contribution is -0.122. The van der Waals surface area contributed by atoms with E-state index >= 15 is 0 Å². The molecule has 0 saturated carbocycles. The van der Waals surface area contributed by atoms with E-state index in [9.17, 15) is 4.79 Å². The minimum Gasteiger partial charge on any atom is -0.369 e. The maximum atomic E-state index is 12.3. The molecule has 0 bridgehead atoms. The first-order valence-electron chi connectivity index (χ1n) is 9.09. The Bertz CT molecular complexity index is 668. The van der Waals surface area contributed by atoms with Gasteiger partial charge in [0.15, 0.2) is 5.66 Å². The highest BCUT2D eigenvalue weighted by atomic mass is 16.1. The first-order chi connectivity index (χ1) is 12.1. The predicted molar refractivity (Wildman–Crippen MR) is 99.4 cm³/mol. The molecule has 0 spiro atoms. The number of carbonyl (C=O) groups is 1. The van der Waals surface area contributed by atoms with Gasteiger partial charge in [-0.05, 0) is 31.9 Å². The molecule has 1 aromatic rings. The van der Waals surface area contributed by atoms with E-state index in [4.69, 9.17) is 6.42 Å². The molecular weight excluding hydrogens is 312 g/mol. The molecule has 2 aliphatic rings. The van der Waals surface area contributed by atoms with Crippen molar-refractivity contribution >= 4 is 11.6 Å². The number of anilines is 1. The van der Waals surface area contributed by atoms with Crippen molar-refractivity contribution in [2.45, 2.75) is 57.2 Å². The number of nitrogens with one attached hydrogen (secondary N) is 1. The molecule has 0 radical (unpaired) electrons. The smallest absolute Gasteiger partial charge is 0.220 e. The Kier molecular flexibility index (Phi) is 5.37. The predicted octanol–water partition coefficient (Wildman–Crippen LogP) is 3.44. The molecule has 1 N–H and O–H groups in total. The number of rotatable bonds is 7. The molecule has 1 atom stereocenters. The lowest BCUT2D eigenvalue weighted by Gasteiger charge is -2.35. The highest BCUT2D eigenvalue weighted by Gasteiger charge is 2.39. The van der Waals surface area contributed by atoms with E-state index < -0.39 is 0 Å². The van der Waals surface area contributed by atoms with Gasteiger partial charge in [-0.1, -0.05) is 17.7 Å². The van der Waals surface area contributed by atoms with Gasteiger partial charge in [0, 0.05) is 50.5 Å². The summed E-state index contributed by atoms with van der Waals surface area (Å²) in [5, 5.41) is 11.4. The molecule has 1 unspecified atom stereocenters. The number of hydrogen-bond donors (Lipinski definition) is 1. The molecule has 5 heteroatoms. The Labute approximate surface area is 149 Å². The fraction of sp³-hybridized carbons (Fsp3) is 0.550. The van der Waals surface area contributed by atoms with Crippen LogP contribution in [-0.2, 0) is 4.79 Å². The molecule has 1 aromatic carbocycles. The van der Waals surface area contributed by atoms with Gasteiger partial charge in [0.25, 0.3) is 0 Å². The third kappa shape index (κ3) is 4.82. The van der Waals surface area contributed by atoms with Crippen LogP contribution in [0.25, 0.3) is 0 Å². The second-order valence-electron chi connectivity index (χ2n) is 7.07. The number of hydrogen-bond acceptors (Lipinski definition) is 4. The molecule has 1 fully saturated rings. The summed E-state index contributed by atoms with van der Waals surface area (Å²) in [6, 6.07) is 8.79. The number of terminal acetylenes is 1. The van der Waals surface area contributed by atoms with Crippen LogP contribution in [0.15, 0.2) is 34.5 Å². The summed E-state index contributed by atoms with van der Waals surface area (Å²) in [4.78, 5) is 14.6. The second kappa shape index (κ2) is 7.69. The van der Waals surface area contributed by atoms with Crippen molar-refractivity contribution in [1.29, 1.82) is 0 Å². The normalized spacial score (nSPS) is 20.8. The van der Waals surface area contributed by atoms with Crippen LogP contribution >= 0.6 is 0 Å². The molecule has 2 heterocycles. The average molecular weight is 338 g/mol. The van der Waals surface area contributed by atoms with Crippen molar-refractivity contribution in [2.75, 3.05) is 18.0 Å². The summed E-state index contributed by atoms with van der Waals surface area (Å²) in [6.45, 7) is 4.01. The SMILES string of the molecule is C#CCCC1(CCC(=O)NC2CCCN(c3ccc(C)cc3)C2)N=N1. The van der Waals surface area contributed by atoms with Gasteiger partial charge in [-0.3, -0.25) is 4.79 Å². The number of benzene rings is 1. The molecule has 132 valence electrons. The fourth-order valence-electron chi connectivity index (χ4n) is 3.37. The summed E-state index contributed by atoms with van der Waals surface area (Å²) in [5.41, 5.74) is 2.12. The topological polar surface area (TPSA) is 57.1 Å². The van der Waals surface area contributed by atoms with Crippen molar-refractivity contribution < 1.29 is 4.79 Å². The third-order valence-corrected chi connectivity index (χ3v) is 4.99. The Balaban J connectivity index is 1.45. The van der Waals surface area contributed by atoms with E-state index in [0.717, 1.165) is 32.4 Å². The van der Waals surface area contributed by atoms with E-state index in [-0.39, 0.29) is 17.6 Å². The van der Waals surface area contributed by atoms with Crippen LogP contribution < -0.4 is 10.2 Å². The number of amides is 1. The summed E-state index contributed by atoms with van der Waals surface area (Å²) in [7, 11) is 0. The largest absolute Gasteiger partial charge is 0.369 e. The molecule has 25 heavy (non-hydrogen) atoms. The lowest BCUT2D eigenvalue weighted by atomic mass is 10.0. The number of piperidine rings is 1. The monoisotopic (exact) mass is 338 g/mol. The van der Waals surface area contributed by atoms with Crippen molar-refractivity contribution in [3.8, 4) is 12.3 Å². The van der Waals surface area contributed by atoms with Gasteiger partial charge in [-0.2, -0.15) is 10.2 Å². The first kappa shape index (κ1) is 17.5. The number of aryl methyl sites for hydroxylation is 1. The van der Waals surface area contributed by atoms with Gasteiger partial charge in [0.2, 0.25) is 5.91 Å². The molecule has 0 aliphatic carbocycles. The Hall–Kier alpha value is -2.35. The maximum Gasteiger partial charge on any atom is 0.220 e. The third-order valence-electron chi connectivity index (χ3n) is 4.99. The summed E-state index contributed by atoms with van der Waals surface area (Å²) in [5.74, 6) is 2.71. The van der Waals surface area contributed by atoms with Crippen molar-refractivity contribution in [2.24, 2.45) is 10.2 Å². The maximum absolute atomic E-state index is 12.3. The quantitative estimate of drug-likeness (QED) is 0.774. The van der Waals surface area contributed by atoms with Gasteiger partial charge in [0.05, 0.1) is 0 Å². The zero-order valence-corrected chi connectivity index (χ0v) is 14.9. The van der Waals surface area contributed by atoms with Crippen LogP contribution in [0.3, 0.4) is 0 Å². The van der Waals surface area contributed by atoms with Crippen LogP contribution in [0.1, 0.15) is 44.1 Å². The van der Waals surface area contributed by atoms with Crippen molar-refractivity contribution in [3.05, 3.63) is 29.8 Å². The van der Waals surface area contributed by atoms with Gasteiger partial charge in [-0.25, -0.2) is 0 Å². The van der Waals surface area contributed by atoms with E-state index in [0.29, 0.717) is 19.3 Å². The van der Waals surface area contributed by atoms with Gasteiger partial charge in [-0.15, -0.1) is 12.3 Å². The summed E-state index contributed by atoms with van der Waals surface area (Å²) < 4.78 is 0. The standard InChI is InChI=1S/C20H26N4O/c1-3-4-12-20(22-23-20)13-11-19(25)21-17-6-5-14-24(15-17)18-9-7-16(2)8-10-18/h1,7-10,17H,4-6,11-15H2,2H3,(H,21,25). The zero-order valence-electron chi connectivity index (χ0n) is 14.9.